The lowest BCUT2D eigenvalue weighted by Crippen LogP contribution is -2.35. The largest absolute Gasteiger partial charge is 0.484 e. The zero-order chi connectivity index (χ0) is 21.6. The molecule has 0 bridgehead atoms. The van der Waals surface area contributed by atoms with Crippen molar-refractivity contribution >= 4 is 33.2 Å². The number of hydrogen-bond acceptors (Lipinski definition) is 4. The van der Waals surface area contributed by atoms with E-state index in [1.54, 1.807) is 42.5 Å². The van der Waals surface area contributed by atoms with Gasteiger partial charge in [-0.2, -0.15) is 0 Å². The Morgan fingerprint density at radius 2 is 1.67 bits per heavy atom. The first-order valence-electron chi connectivity index (χ1n) is 10.1. The van der Waals surface area contributed by atoms with Crippen LogP contribution in [0.4, 0.5) is 5.69 Å². The molecular formula is C22H27ClN2O4S. The molecule has 0 aromatic heterocycles. The minimum atomic E-state index is -3.52. The molecule has 1 aliphatic heterocycles. The second-order valence-corrected chi connectivity index (χ2v) is 9.75. The summed E-state index contributed by atoms with van der Waals surface area (Å²) in [5.41, 5.74) is 1.22. The molecule has 1 saturated heterocycles. The Hall–Kier alpha value is -2.25. The third-order valence-electron chi connectivity index (χ3n) is 5.12. The van der Waals surface area contributed by atoms with Crippen molar-refractivity contribution in [3.63, 3.8) is 0 Å². The fourth-order valence-corrected chi connectivity index (χ4v) is 4.52. The molecule has 1 fully saturated rings. The van der Waals surface area contributed by atoms with E-state index < -0.39 is 10.0 Å². The van der Waals surface area contributed by atoms with Gasteiger partial charge in [0, 0.05) is 18.1 Å². The van der Waals surface area contributed by atoms with E-state index in [1.165, 1.54) is 4.31 Å². The summed E-state index contributed by atoms with van der Waals surface area (Å²) in [5, 5.41) is 0.512. The Morgan fingerprint density at radius 3 is 2.27 bits per heavy atom. The molecule has 0 aliphatic carbocycles. The Bertz CT molecular complexity index is 955. The summed E-state index contributed by atoms with van der Waals surface area (Å²) in [6.45, 7) is 1.68. The quantitative estimate of drug-likeness (QED) is 0.637. The van der Waals surface area contributed by atoms with Gasteiger partial charge in [0.2, 0.25) is 10.0 Å². The van der Waals surface area contributed by atoms with Crippen LogP contribution in [0.3, 0.4) is 0 Å². The van der Waals surface area contributed by atoms with E-state index in [0.29, 0.717) is 22.0 Å². The Kier molecular flexibility index (Phi) is 7.61. The van der Waals surface area contributed by atoms with Gasteiger partial charge in [-0.3, -0.25) is 9.10 Å². The van der Waals surface area contributed by atoms with Crippen LogP contribution in [0.25, 0.3) is 0 Å². The van der Waals surface area contributed by atoms with Gasteiger partial charge >= 0.3 is 0 Å². The number of ether oxygens (including phenoxy) is 1. The number of anilines is 1. The number of nitrogens with zero attached hydrogens (tertiary/aromatic N) is 2. The lowest BCUT2D eigenvalue weighted by atomic mass is 10.2. The van der Waals surface area contributed by atoms with Crippen LogP contribution in [0.2, 0.25) is 5.02 Å². The fraction of sp³-hybridized carbons (Fsp3) is 0.409. The molecule has 3 rings (SSSR count). The van der Waals surface area contributed by atoms with Crippen LogP contribution in [0, 0.1) is 0 Å². The van der Waals surface area contributed by atoms with E-state index in [9.17, 15) is 13.2 Å². The van der Waals surface area contributed by atoms with Crippen molar-refractivity contribution < 1.29 is 17.9 Å². The molecule has 0 saturated carbocycles. The van der Waals surface area contributed by atoms with Crippen LogP contribution in [0.15, 0.2) is 48.5 Å². The highest BCUT2D eigenvalue weighted by molar-refractivity contribution is 7.92. The predicted octanol–water partition coefficient (Wildman–Crippen LogP) is 4.09. The number of amides is 1. The summed E-state index contributed by atoms with van der Waals surface area (Å²) < 4.78 is 31.6. The standard InChI is InChI=1S/C22H27ClN2O4S/c1-30(27,28)25(16-18-8-4-5-9-21(18)23)19-10-12-20(13-11-19)29-17-22(26)24-14-6-2-3-7-15-24/h4-5,8-13H,2-3,6-7,14-17H2,1H3. The zero-order valence-electron chi connectivity index (χ0n) is 17.1. The maximum Gasteiger partial charge on any atom is 0.260 e. The molecule has 0 spiro atoms. The summed E-state index contributed by atoms with van der Waals surface area (Å²) in [4.78, 5) is 14.2. The number of sulfonamides is 1. The van der Waals surface area contributed by atoms with E-state index in [-0.39, 0.29) is 19.1 Å². The second-order valence-electron chi connectivity index (χ2n) is 7.44. The summed E-state index contributed by atoms with van der Waals surface area (Å²) in [7, 11) is -3.52. The molecule has 6 nitrogen and oxygen atoms in total. The monoisotopic (exact) mass is 450 g/mol. The SMILES string of the molecule is CS(=O)(=O)N(Cc1ccccc1Cl)c1ccc(OCC(=O)N2CCCCCC2)cc1. The van der Waals surface area contributed by atoms with Crippen molar-refractivity contribution in [2.75, 3.05) is 30.3 Å². The molecule has 1 aliphatic rings. The lowest BCUT2D eigenvalue weighted by molar-refractivity contribution is -0.133. The van der Waals surface area contributed by atoms with Crippen LogP contribution >= 0.6 is 11.6 Å². The maximum absolute atomic E-state index is 12.4. The van der Waals surface area contributed by atoms with E-state index >= 15 is 0 Å². The van der Waals surface area contributed by atoms with Crippen molar-refractivity contribution in [1.29, 1.82) is 0 Å². The fourth-order valence-electron chi connectivity index (χ4n) is 3.45. The minimum Gasteiger partial charge on any atom is -0.484 e. The molecule has 0 unspecified atom stereocenters. The Balaban J connectivity index is 1.66. The smallest absolute Gasteiger partial charge is 0.260 e. The first-order chi connectivity index (χ1) is 14.3. The second kappa shape index (κ2) is 10.2. The van der Waals surface area contributed by atoms with Crippen LogP contribution in [0.5, 0.6) is 5.75 Å². The summed E-state index contributed by atoms with van der Waals surface area (Å²) >= 11 is 6.20. The van der Waals surface area contributed by atoms with E-state index in [2.05, 4.69) is 0 Å². The van der Waals surface area contributed by atoms with Crippen molar-refractivity contribution in [2.24, 2.45) is 0 Å². The number of carbonyl (C=O) groups excluding carboxylic acids is 1. The van der Waals surface area contributed by atoms with Crippen LogP contribution in [-0.2, 0) is 21.4 Å². The Morgan fingerprint density at radius 1 is 1.03 bits per heavy atom. The molecule has 1 heterocycles. The molecule has 0 N–H and O–H groups in total. The number of carbonyl (C=O) groups is 1. The summed E-state index contributed by atoms with van der Waals surface area (Å²) in [6, 6.07) is 13.8. The number of rotatable bonds is 7. The summed E-state index contributed by atoms with van der Waals surface area (Å²) in [6.07, 6.45) is 5.56. The maximum atomic E-state index is 12.4. The number of likely N-dealkylation sites (tertiary alicyclic amines) is 1. The van der Waals surface area contributed by atoms with Gasteiger partial charge < -0.3 is 9.64 Å². The van der Waals surface area contributed by atoms with Crippen LogP contribution in [0.1, 0.15) is 31.2 Å². The predicted molar refractivity (Wildman–Crippen MR) is 119 cm³/mol. The van der Waals surface area contributed by atoms with Crippen molar-refractivity contribution in [3.05, 3.63) is 59.1 Å². The topological polar surface area (TPSA) is 66.9 Å². The average Bonchev–Trinajstić information content (AvgIpc) is 3.01. The minimum absolute atomic E-state index is 0.0162. The molecule has 0 radical (unpaired) electrons. The van der Waals surface area contributed by atoms with Gasteiger partial charge in [0.05, 0.1) is 18.5 Å². The van der Waals surface area contributed by atoms with Gasteiger partial charge in [-0.15, -0.1) is 0 Å². The van der Waals surface area contributed by atoms with Gasteiger partial charge in [0.15, 0.2) is 6.61 Å². The average molecular weight is 451 g/mol. The number of benzene rings is 2. The van der Waals surface area contributed by atoms with Gasteiger partial charge in [-0.1, -0.05) is 42.6 Å². The zero-order valence-corrected chi connectivity index (χ0v) is 18.7. The molecular weight excluding hydrogens is 424 g/mol. The molecule has 2 aromatic rings. The molecule has 2 aromatic carbocycles. The van der Waals surface area contributed by atoms with E-state index in [1.807, 2.05) is 11.0 Å². The number of hydrogen-bond donors (Lipinski definition) is 0. The normalized spacial score (nSPS) is 14.8. The van der Waals surface area contributed by atoms with Crippen molar-refractivity contribution in [2.45, 2.75) is 32.2 Å². The third-order valence-corrected chi connectivity index (χ3v) is 6.63. The highest BCUT2D eigenvalue weighted by atomic mass is 35.5. The number of halogens is 1. The first-order valence-corrected chi connectivity index (χ1v) is 12.3. The highest BCUT2D eigenvalue weighted by Gasteiger charge is 2.20. The molecule has 0 atom stereocenters. The Labute approximate surface area is 183 Å². The molecule has 30 heavy (non-hydrogen) atoms. The van der Waals surface area contributed by atoms with Gasteiger partial charge in [-0.05, 0) is 48.7 Å². The summed E-state index contributed by atoms with van der Waals surface area (Å²) in [5.74, 6) is 0.505. The molecule has 8 heteroatoms. The van der Waals surface area contributed by atoms with Crippen molar-refractivity contribution in [3.8, 4) is 5.75 Å². The van der Waals surface area contributed by atoms with Crippen LogP contribution in [-0.4, -0.2) is 45.2 Å². The third kappa shape index (κ3) is 6.12. The van der Waals surface area contributed by atoms with E-state index in [4.69, 9.17) is 16.3 Å². The molecule has 162 valence electrons. The van der Waals surface area contributed by atoms with Gasteiger partial charge in [-0.25, -0.2) is 8.42 Å². The highest BCUT2D eigenvalue weighted by Crippen LogP contribution is 2.26. The van der Waals surface area contributed by atoms with E-state index in [0.717, 1.165) is 45.0 Å². The first kappa shape index (κ1) is 22.4. The van der Waals surface area contributed by atoms with Gasteiger partial charge in [0.25, 0.3) is 5.91 Å². The molecule has 1 amide bonds. The lowest BCUT2D eigenvalue weighted by Gasteiger charge is -2.23. The van der Waals surface area contributed by atoms with Gasteiger partial charge in [0.1, 0.15) is 5.75 Å². The van der Waals surface area contributed by atoms with Crippen molar-refractivity contribution in [1.82, 2.24) is 4.90 Å². The van der Waals surface area contributed by atoms with Crippen LogP contribution < -0.4 is 9.04 Å².